The Balaban J connectivity index is 1.21. The molecule has 210 valence electrons. The van der Waals surface area contributed by atoms with Crippen molar-refractivity contribution in [2.24, 2.45) is 5.41 Å². The highest BCUT2D eigenvalue weighted by atomic mass is 19.1. The van der Waals surface area contributed by atoms with Crippen LogP contribution in [0.25, 0.3) is 11.0 Å². The van der Waals surface area contributed by atoms with Gasteiger partial charge in [-0.1, -0.05) is 20.8 Å². The fourth-order valence-electron chi connectivity index (χ4n) is 4.60. The number of fused-ring (bicyclic) bond motifs is 1. The summed E-state index contributed by atoms with van der Waals surface area (Å²) in [6.45, 7) is 9.23. The van der Waals surface area contributed by atoms with Crippen molar-refractivity contribution in [2.45, 2.75) is 27.2 Å². The van der Waals surface area contributed by atoms with E-state index in [-0.39, 0.29) is 23.1 Å². The van der Waals surface area contributed by atoms with Gasteiger partial charge in [0.05, 0.1) is 17.2 Å². The number of benzene rings is 2. The van der Waals surface area contributed by atoms with E-state index in [1.54, 1.807) is 0 Å². The Bertz CT molecular complexity index is 1490. The number of carbonyl (C=O) groups excluding carboxylic acids is 1. The van der Waals surface area contributed by atoms with Gasteiger partial charge in [0.1, 0.15) is 0 Å². The molecule has 4 aromatic rings. The third-order valence-corrected chi connectivity index (χ3v) is 6.70. The van der Waals surface area contributed by atoms with Gasteiger partial charge in [-0.3, -0.25) is 4.79 Å². The maximum Gasteiger partial charge on any atom is 0.229 e. The molecule has 1 amide bonds. The first kappa shape index (κ1) is 27.2. The second kappa shape index (κ2) is 11.0. The Morgan fingerprint density at radius 1 is 1.00 bits per heavy atom. The van der Waals surface area contributed by atoms with Gasteiger partial charge in [-0.25, -0.2) is 14.4 Å². The summed E-state index contributed by atoms with van der Waals surface area (Å²) < 4.78 is 14.6. The lowest BCUT2D eigenvalue weighted by Gasteiger charge is -2.37. The first-order chi connectivity index (χ1) is 19.0. The number of nitrogens with one attached hydrogen (secondary N) is 3. The number of piperazine rings is 1. The van der Waals surface area contributed by atoms with Crippen molar-refractivity contribution in [1.82, 2.24) is 24.8 Å². The van der Waals surface area contributed by atoms with E-state index in [1.807, 2.05) is 66.4 Å². The van der Waals surface area contributed by atoms with Crippen molar-refractivity contribution in [3.63, 3.8) is 0 Å². The van der Waals surface area contributed by atoms with Gasteiger partial charge < -0.3 is 30.3 Å². The topological polar surface area (TPSA) is 105 Å². The summed E-state index contributed by atoms with van der Waals surface area (Å²) in [4.78, 5) is 34.9. The van der Waals surface area contributed by atoms with Crippen LogP contribution in [0.4, 0.5) is 39.2 Å². The number of amides is 1. The van der Waals surface area contributed by atoms with Crippen LogP contribution in [0.15, 0.2) is 48.7 Å². The molecule has 0 saturated carbocycles. The molecule has 3 N–H and O–H groups in total. The molecule has 1 fully saturated rings. The molecule has 1 aliphatic heterocycles. The summed E-state index contributed by atoms with van der Waals surface area (Å²) in [7, 11) is 3.84. The molecule has 1 saturated heterocycles. The third kappa shape index (κ3) is 6.41. The van der Waals surface area contributed by atoms with Crippen molar-refractivity contribution in [1.29, 1.82) is 0 Å². The smallest absolute Gasteiger partial charge is 0.229 e. The molecule has 0 atom stereocenters. The number of hydrogen-bond acceptors (Lipinski definition) is 8. The van der Waals surface area contributed by atoms with Crippen LogP contribution in [0.5, 0.6) is 0 Å². The molecule has 10 nitrogen and oxygen atoms in total. The second-order valence-corrected chi connectivity index (χ2v) is 11.5. The third-order valence-electron chi connectivity index (χ3n) is 6.70. The lowest BCUT2D eigenvalue weighted by atomic mass is 9.91. The van der Waals surface area contributed by atoms with Gasteiger partial charge >= 0.3 is 0 Å². The number of imidazole rings is 1. The van der Waals surface area contributed by atoms with Gasteiger partial charge in [0.25, 0.3) is 0 Å². The number of hydrogen-bond donors (Lipinski definition) is 3. The molecular weight excluding hydrogens is 509 g/mol. The molecule has 2 aromatic heterocycles. The van der Waals surface area contributed by atoms with E-state index in [2.05, 4.69) is 56.2 Å². The molecule has 0 spiro atoms. The summed E-state index contributed by atoms with van der Waals surface area (Å²) in [6, 6.07) is 13.5. The highest BCUT2D eigenvalue weighted by Crippen LogP contribution is 2.26. The maximum atomic E-state index is 14.6. The quantitative estimate of drug-likeness (QED) is 0.294. The zero-order valence-electron chi connectivity index (χ0n) is 23.6. The fraction of sp³-hybridized carbons (Fsp3) is 0.379. The normalized spacial score (nSPS) is 13.9. The summed E-state index contributed by atoms with van der Waals surface area (Å²) in [6.07, 6.45) is 1.70. The number of aromatic nitrogens is 4. The number of H-pyrrole nitrogens is 1. The highest BCUT2D eigenvalue weighted by molar-refractivity contribution is 5.82. The maximum absolute atomic E-state index is 14.6. The molecule has 11 heteroatoms. The predicted molar refractivity (Wildman–Crippen MR) is 158 cm³/mol. The predicted octanol–water partition coefficient (Wildman–Crippen LogP) is 5.13. The van der Waals surface area contributed by atoms with Crippen molar-refractivity contribution in [3.05, 3.63) is 54.5 Å². The van der Waals surface area contributed by atoms with E-state index in [1.165, 1.54) is 0 Å². The van der Waals surface area contributed by atoms with Crippen molar-refractivity contribution < 1.29 is 9.18 Å². The minimum atomic E-state index is -0.551. The molecule has 0 unspecified atom stereocenters. The number of nitrogens with zero attached hydrogens (tertiary/aromatic N) is 6. The first-order valence-electron chi connectivity index (χ1n) is 13.4. The van der Waals surface area contributed by atoms with Gasteiger partial charge in [0, 0.05) is 63.8 Å². The van der Waals surface area contributed by atoms with Crippen molar-refractivity contribution in [2.75, 3.05) is 60.7 Å². The van der Waals surface area contributed by atoms with E-state index in [9.17, 15) is 9.18 Å². The fourth-order valence-corrected chi connectivity index (χ4v) is 4.60. The Kier molecular flexibility index (Phi) is 7.46. The molecular formula is C29H36FN9O. The van der Waals surface area contributed by atoms with Crippen LogP contribution >= 0.6 is 0 Å². The number of carbonyl (C=O) groups is 1. The number of rotatable bonds is 7. The molecule has 3 heterocycles. The summed E-state index contributed by atoms with van der Waals surface area (Å²) in [5.41, 5.74) is 4.22. The van der Waals surface area contributed by atoms with Gasteiger partial charge in [-0.15, -0.1) is 0 Å². The monoisotopic (exact) mass is 545 g/mol. The molecule has 0 aliphatic carbocycles. The molecule has 1 aliphatic rings. The summed E-state index contributed by atoms with van der Waals surface area (Å²) in [5.74, 6) is 0.772. The number of anilines is 6. The van der Waals surface area contributed by atoms with Crippen LogP contribution in [0.2, 0.25) is 0 Å². The average Bonchev–Trinajstić information content (AvgIpc) is 3.34. The zero-order chi connectivity index (χ0) is 28.4. The number of halogens is 1. The molecule has 0 radical (unpaired) electrons. The lowest BCUT2D eigenvalue weighted by Crippen LogP contribution is -2.49. The SMILES string of the molecule is CN(C)c1nc2ccc(Nc3ncc(F)c(Nc4ccc(N5CCN(C(=O)CC(C)(C)C)CC5)cc4)n3)cc2[nH]1. The average molecular weight is 546 g/mol. The Morgan fingerprint density at radius 2 is 1.70 bits per heavy atom. The lowest BCUT2D eigenvalue weighted by molar-refractivity contribution is -0.133. The summed E-state index contributed by atoms with van der Waals surface area (Å²) >= 11 is 0. The largest absolute Gasteiger partial charge is 0.368 e. The van der Waals surface area contributed by atoms with Crippen LogP contribution in [-0.4, -0.2) is 71.0 Å². The van der Waals surface area contributed by atoms with Crippen LogP contribution in [0.3, 0.4) is 0 Å². The Morgan fingerprint density at radius 3 is 2.38 bits per heavy atom. The van der Waals surface area contributed by atoms with Crippen molar-refractivity contribution in [3.8, 4) is 0 Å². The van der Waals surface area contributed by atoms with Crippen LogP contribution in [0, 0.1) is 11.2 Å². The van der Waals surface area contributed by atoms with E-state index in [4.69, 9.17) is 0 Å². The zero-order valence-corrected chi connectivity index (χ0v) is 23.6. The van der Waals surface area contributed by atoms with Gasteiger partial charge in [-0.05, 0) is 47.9 Å². The van der Waals surface area contributed by atoms with Crippen LogP contribution in [0.1, 0.15) is 27.2 Å². The van der Waals surface area contributed by atoms with E-state index in [0.29, 0.717) is 25.2 Å². The highest BCUT2D eigenvalue weighted by Gasteiger charge is 2.25. The van der Waals surface area contributed by atoms with Crippen molar-refractivity contribution >= 4 is 51.7 Å². The Hall–Kier alpha value is -4.41. The van der Waals surface area contributed by atoms with Gasteiger partial charge in [-0.2, -0.15) is 4.98 Å². The summed E-state index contributed by atoms with van der Waals surface area (Å²) in [5, 5.41) is 6.20. The minimum absolute atomic E-state index is 0.0121. The van der Waals surface area contributed by atoms with E-state index >= 15 is 0 Å². The Labute approximate surface area is 233 Å². The van der Waals surface area contributed by atoms with E-state index in [0.717, 1.165) is 47.6 Å². The number of aromatic amines is 1. The standard InChI is InChI=1S/C29H36FN9O/c1-29(2,3)17-25(40)39-14-12-38(13-15-39)21-9-6-19(7-10-21)32-26-22(30)18-31-27(36-26)33-20-8-11-23-24(16-20)35-28(34-23)37(4)5/h6-11,16,18H,12-15,17H2,1-5H3,(H,34,35)(H2,31,32,33,36). The molecule has 40 heavy (non-hydrogen) atoms. The minimum Gasteiger partial charge on any atom is -0.368 e. The van der Waals surface area contributed by atoms with Crippen LogP contribution < -0.4 is 20.4 Å². The first-order valence-corrected chi connectivity index (χ1v) is 13.4. The van der Waals surface area contributed by atoms with Crippen LogP contribution in [-0.2, 0) is 4.79 Å². The molecule has 0 bridgehead atoms. The molecule has 2 aromatic carbocycles. The van der Waals surface area contributed by atoms with Gasteiger partial charge in [0.2, 0.25) is 17.8 Å². The van der Waals surface area contributed by atoms with E-state index < -0.39 is 5.82 Å². The van der Waals surface area contributed by atoms with Gasteiger partial charge in [0.15, 0.2) is 11.6 Å². The second-order valence-electron chi connectivity index (χ2n) is 11.5. The molecule has 5 rings (SSSR count).